The fraction of sp³-hybridized carbons (Fsp3) is 0.324. The maximum absolute atomic E-state index is 14.1. The number of fused-ring (bicyclic) bond motifs is 4. The highest BCUT2D eigenvalue weighted by Gasteiger charge is 2.38. The van der Waals surface area contributed by atoms with Gasteiger partial charge in [-0.25, -0.2) is 0 Å². The Morgan fingerprint density at radius 3 is 2.29 bits per heavy atom. The Morgan fingerprint density at radius 1 is 0.829 bits per heavy atom. The second-order valence-corrected chi connectivity index (χ2v) is 11.2. The van der Waals surface area contributed by atoms with E-state index in [1.54, 1.807) is 0 Å². The first-order chi connectivity index (χ1) is 20.1. The Bertz CT molecular complexity index is 1570. The van der Waals surface area contributed by atoms with Crippen LogP contribution in [0.1, 0.15) is 75.1 Å². The number of carbonyl (C=O) groups is 1. The van der Waals surface area contributed by atoms with Gasteiger partial charge in [0.05, 0.1) is 12.6 Å². The molecule has 0 unspecified atom stereocenters. The maximum Gasteiger partial charge on any atom is 0.162 e. The molecule has 210 valence electrons. The highest BCUT2D eigenvalue weighted by atomic mass is 16.5. The molecule has 2 aliphatic rings. The minimum Gasteiger partial charge on any atom is -0.494 e. The third-order valence-electron chi connectivity index (χ3n) is 8.80. The number of carbonyl (C=O) groups excluding carboxylic acids is 1. The summed E-state index contributed by atoms with van der Waals surface area (Å²) in [6, 6.07) is 29.9. The number of nitrogens with zero attached hydrogens (tertiary/aromatic N) is 1. The van der Waals surface area contributed by atoms with Gasteiger partial charge in [0.1, 0.15) is 5.75 Å². The quantitative estimate of drug-likeness (QED) is 0.214. The summed E-state index contributed by atoms with van der Waals surface area (Å²) in [4.78, 5) is 16.5. The van der Waals surface area contributed by atoms with Gasteiger partial charge in [0.2, 0.25) is 0 Å². The lowest BCUT2D eigenvalue weighted by Crippen LogP contribution is -2.29. The summed E-state index contributed by atoms with van der Waals surface area (Å²) in [6.07, 6.45) is 3.53. The van der Waals surface area contributed by atoms with Crippen LogP contribution in [-0.4, -0.2) is 25.5 Å². The maximum atomic E-state index is 14.1. The number of unbranched alkanes of at least 4 members (excludes halogenated alkanes) is 1. The molecule has 1 N–H and O–H groups in total. The molecule has 0 saturated heterocycles. The number of anilines is 2. The van der Waals surface area contributed by atoms with Gasteiger partial charge in [-0.1, -0.05) is 67.9 Å². The number of hydrogen-bond donors (Lipinski definition) is 1. The summed E-state index contributed by atoms with van der Waals surface area (Å²) in [7, 11) is 0. The van der Waals surface area contributed by atoms with Crippen LogP contribution in [0.4, 0.5) is 11.4 Å². The van der Waals surface area contributed by atoms with E-state index in [-0.39, 0.29) is 17.7 Å². The molecule has 0 aromatic heterocycles. The fourth-order valence-electron chi connectivity index (χ4n) is 6.57. The molecule has 2 atom stereocenters. The summed E-state index contributed by atoms with van der Waals surface area (Å²) in [5.74, 6) is 1.28. The fourth-order valence-corrected chi connectivity index (χ4v) is 6.57. The highest BCUT2D eigenvalue weighted by molar-refractivity contribution is 6.13. The first kappa shape index (κ1) is 27.1. The van der Waals surface area contributed by atoms with Gasteiger partial charge in [-0.15, -0.1) is 0 Å². The van der Waals surface area contributed by atoms with Crippen LogP contribution in [0.15, 0.2) is 90.5 Å². The Labute approximate surface area is 244 Å². The smallest absolute Gasteiger partial charge is 0.162 e. The zero-order chi connectivity index (χ0) is 28.3. The van der Waals surface area contributed by atoms with Crippen LogP contribution >= 0.6 is 0 Å². The van der Waals surface area contributed by atoms with E-state index in [2.05, 4.69) is 116 Å². The number of rotatable bonds is 9. The topological polar surface area (TPSA) is 41.6 Å². The second-order valence-electron chi connectivity index (χ2n) is 11.2. The van der Waals surface area contributed by atoms with Crippen molar-refractivity contribution < 1.29 is 9.53 Å². The van der Waals surface area contributed by atoms with Crippen molar-refractivity contribution in [3.8, 4) is 5.75 Å². The number of Topliss-reactive ketones (excluding diaryl/α,β-unsaturated/α-hetero) is 1. The largest absolute Gasteiger partial charge is 0.494 e. The summed E-state index contributed by atoms with van der Waals surface area (Å²) < 4.78 is 5.90. The molecular formula is C37H40N2O2. The molecule has 0 saturated carbocycles. The van der Waals surface area contributed by atoms with E-state index in [0.717, 1.165) is 61.5 Å². The standard InChI is InChI=1S/C37H40N2O2/c1-4-7-22-41-30-19-14-25(15-20-30)28-23-32-35-31-11-9-8-10-26(31)16-21-33(35)38-37(36(32)34(40)24-28)27-12-17-29(18-13-27)39(5-2)6-3/h8-21,28,37-38H,4-7,22-24H2,1-3H3/t28-,37-/m1/s1. The molecule has 0 bridgehead atoms. The van der Waals surface area contributed by atoms with Crippen molar-refractivity contribution in [1.29, 1.82) is 0 Å². The Morgan fingerprint density at radius 2 is 1.56 bits per heavy atom. The third-order valence-corrected chi connectivity index (χ3v) is 8.80. The van der Waals surface area contributed by atoms with Gasteiger partial charge in [0.15, 0.2) is 5.78 Å². The minimum absolute atomic E-state index is 0.140. The average Bonchev–Trinajstić information content (AvgIpc) is 3.01. The van der Waals surface area contributed by atoms with Gasteiger partial charge in [-0.3, -0.25) is 4.79 Å². The van der Waals surface area contributed by atoms with Crippen LogP contribution in [-0.2, 0) is 4.79 Å². The molecule has 1 heterocycles. The summed E-state index contributed by atoms with van der Waals surface area (Å²) in [6.45, 7) is 9.22. The lowest BCUT2D eigenvalue weighted by molar-refractivity contribution is -0.116. The van der Waals surface area contributed by atoms with Gasteiger partial charge in [-0.2, -0.15) is 0 Å². The van der Waals surface area contributed by atoms with Crippen molar-refractivity contribution in [1.82, 2.24) is 0 Å². The second kappa shape index (κ2) is 11.8. The molecule has 4 aromatic carbocycles. The van der Waals surface area contributed by atoms with Crippen molar-refractivity contribution in [3.05, 3.63) is 107 Å². The van der Waals surface area contributed by atoms with Gasteiger partial charge < -0.3 is 15.0 Å². The van der Waals surface area contributed by atoms with Crippen LogP contribution < -0.4 is 15.0 Å². The predicted molar refractivity (Wildman–Crippen MR) is 171 cm³/mol. The van der Waals surface area contributed by atoms with Crippen LogP contribution in [0.3, 0.4) is 0 Å². The molecule has 0 radical (unpaired) electrons. The zero-order valence-electron chi connectivity index (χ0n) is 24.5. The van der Waals surface area contributed by atoms with Crippen LogP contribution in [0.5, 0.6) is 5.75 Å². The third kappa shape index (κ3) is 5.24. The summed E-state index contributed by atoms with van der Waals surface area (Å²) in [5.41, 5.74) is 7.96. The van der Waals surface area contributed by atoms with Crippen LogP contribution in [0.2, 0.25) is 0 Å². The molecule has 0 fully saturated rings. The van der Waals surface area contributed by atoms with Crippen molar-refractivity contribution in [2.24, 2.45) is 0 Å². The van der Waals surface area contributed by atoms with E-state index in [9.17, 15) is 4.79 Å². The minimum atomic E-state index is -0.160. The molecule has 0 amide bonds. The molecular weight excluding hydrogens is 504 g/mol. The zero-order valence-corrected chi connectivity index (χ0v) is 24.5. The van der Waals surface area contributed by atoms with E-state index in [0.29, 0.717) is 6.42 Å². The van der Waals surface area contributed by atoms with Crippen LogP contribution in [0.25, 0.3) is 16.3 Å². The van der Waals surface area contributed by atoms with Crippen molar-refractivity contribution in [2.45, 2.75) is 58.4 Å². The van der Waals surface area contributed by atoms with Crippen molar-refractivity contribution in [3.63, 3.8) is 0 Å². The molecule has 4 aromatic rings. The van der Waals surface area contributed by atoms with E-state index in [1.807, 2.05) is 0 Å². The van der Waals surface area contributed by atoms with Gasteiger partial charge in [0, 0.05) is 42.0 Å². The van der Waals surface area contributed by atoms with E-state index in [1.165, 1.54) is 33.2 Å². The normalized spacial score (nSPS) is 18.1. The van der Waals surface area contributed by atoms with Crippen molar-refractivity contribution >= 4 is 33.5 Å². The molecule has 4 nitrogen and oxygen atoms in total. The molecule has 6 rings (SSSR count). The predicted octanol–water partition coefficient (Wildman–Crippen LogP) is 8.93. The van der Waals surface area contributed by atoms with Crippen LogP contribution in [0, 0.1) is 0 Å². The number of nitrogens with one attached hydrogen (secondary N) is 1. The number of ether oxygens (including phenoxy) is 1. The number of hydrogen-bond acceptors (Lipinski definition) is 4. The van der Waals surface area contributed by atoms with Gasteiger partial charge >= 0.3 is 0 Å². The first-order valence-corrected chi connectivity index (χ1v) is 15.2. The lowest BCUT2D eigenvalue weighted by atomic mass is 9.71. The summed E-state index contributed by atoms with van der Waals surface area (Å²) in [5, 5.41) is 6.19. The summed E-state index contributed by atoms with van der Waals surface area (Å²) >= 11 is 0. The highest BCUT2D eigenvalue weighted by Crippen LogP contribution is 2.51. The average molecular weight is 545 g/mol. The Kier molecular flexibility index (Phi) is 7.82. The van der Waals surface area contributed by atoms with Gasteiger partial charge in [0.25, 0.3) is 0 Å². The Hall–Kier alpha value is -4.05. The molecule has 1 aliphatic heterocycles. The lowest BCUT2D eigenvalue weighted by Gasteiger charge is -2.37. The monoisotopic (exact) mass is 544 g/mol. The van der Waals surface area contributed by atoms with Gasteiger partial charge in [-0.05, 0) is 90.4 Å². The number of benzene rings is 4. The van der Waals surface area contributed by atoms with E-state index < -0.39 is 0 Å². The van der Waals surface area contributed by atoms with Crippen molar-refractivity contribution in [2.75, 3.05) is 29.9 Å². The number of ketones is 1. The molecule has 4 heteroatoms. The SMILES string of the molecule is CCCCOc1ccc([C@H]2CC(=O)C3=C(C2)c2c(ccc4ccccc24)N[C@@H]3c2ccc(N(CC)CC)cc2)cc1. The Balaban J connectivity index is 1.40. The van der Waals surface area contributed by atoms with E-state index >= 15 is 0 Å². The van der Waals surface area contributed by atoms with E-state index in [4.69, 9.17) is 4.74 Å². The first-order valence-electron chi connectivity index (χ1n) is 15.2. The molecule has 0 spiro atoms. The molecule has 1 aliphatic carbocycles. The molecule has 41 heavy (non-hydrogen) atoms. The number of allylic oxidation sites excluding steroid dienone is 1.